The van der Waals surface area contributed by atoms with Crippen LogP contribution in [0.15, 0.2) is 63.9 Å². The van der Waals surface area contributed by atoms with Gasteiger partial charge in [-0.2, -0.15) is 0 Å². The molecule has 1 saturated heterocycles. The Kier molecular flexibility index (Phi) is 7.31. The Bertz CT molecular complexity index is 1290. The predicted molar refractivity (Wildman–Crippen MR) is 133 cm³/mol. The summed E-state index contributed by atoms with van der Waals surface area (Å²) in [5.41, 5.74) is 1.17. The van der Waals surface area contributed by atoms with Gasteiger partial charge in [-0.25, -0.2) is 0 Å². The maximum atomic E-state index is 12.7. The third kappa shape index (κ3) is 5.47. The lowest BCUT2D eigenvalue weighted by atomic mass is 10.2. The van der Waals surface area contributed by atoms with Gasteiger partial charge < -0.3 is 14.5 Å². The minimum absolute atomic E-state index is 0.155. The maximum absolute atomic E-state index is 12.7. The average molecular weight is 517 g/mol. The van der Waals surface area contributed by atoms with E-state index in [4.69, 9.17) is 32.4 Å². The number of hydrogen-bond acceptors (Lipinski definition) is 6. The van der Waals surface area contributed by atoms with Crippen LogP contribution in [0.4, 0.5) is 10.5 Å². The summed E-state index contributed by atoms with van der Waals surface area (Å²) >= 11 is 12.9. The normalized spacial score (nSPS) is 14.7. The lowest BCUT2D eigenvalue weighted by Crippen LogP contribution is -2.36. The van der Waals surface area contributed by atoms with Crippen molar-refractivity contribution in [3.8, 4) is 17.1 Å². The molecule has 0 unspecified atom stereocenters. The third-order valence-corrected chi connectivity index (χ3v) is 6.18. The highest BCUT2D eigenvalue weighted by molar-refractivity contribution is 8.18. The van der Waals surface area contributed by atoms with E-state index in [1.54, 1.807) is 54.6 Å². The molecule has 0 spiro atoms. The molecule has 3 aromatic rings. The zero-order valence-corrected chi connectivity index (χ0v) is 20.2. The fourth-order valence-corrected chi connectivity index (χ4v) is 4.50. The van der Waals surface area contributed by atoms with Crippen LogP contribution >= 0.6 is 35.0 Å². The van der Waals surface area contributed by atoms with E-state index < -0.39 is 23.6 Å². The highest BCUT2D eigenvalue weighted by Gasteiger charge is 2.36. The monoisotopic (exact) mass is 516 g/mol. The van der Waals surface area contributed by atoms with E-state index in [9.17, 15) is 14.4 Å². The molecule has 0 atom stereocenters. The smallest absolute Gasteiger partial charge is 0.294 e. The van der Waals surface area contributed by atoms with Crippen LogP contribution in [-0.2, 0) is 9.59 Å². The number of nitrogens with zero attached hydrogens (tertiary/aromatic N) is 1. The first kappa shape index (κ1) is 23.9. The molecule has 2 aromatic carbocycles. The van der Waals surface area contributed by atoms with Crippen molar-refractivity contribution in [1.29, 1.82) is 0 Å². The number of ether oxygens (including phenoxy) is 1. The lowest BCUT2D eigenvalue weighted by Gasteiger charge is -2.12. The molecule has 34 heavy (non-hydrogen) atoms. The highest BCUT2D eigenvalue weighted by atomic mass is 35.5. The third-order valence-electron chi connectivity index (χ3n) is 4.72. The quantitative estimate of drug-likeness (QED) is 0.369. The maximum Gasteiger partial charge on any atom is 0.294 e. The van der Waals surface area contributed by atoms with Gasteiger partial charge in [-0.3, -0.25) is 19.3 Å². The molecule has 1 aromatic heterocycles. The first-order chi connectivity index (χ1) is 16.3. The van der Waals surface area contributed by atoms with Crippen molar-refractivity contribution in [1.82, 2.24) is 4.90 Å². The van der Waals surface area contributed by atoms with Gasteiger partial charge in [-0.15, -0.1) is 0 Å². The molecule has 1 fully saturated rings. The van der Waals surface area contributed by atoms with Crippen molar-refractivity contribution in [3.05, 3.63) is 75.3 Å². The number of halogens is 2. The second-order valence-corrected chi connectivity index (χ2v) is 8.94. The average Bonchev–Trinajstić information content (AvgIpc) is 3.35. The Morgan fingerprint density at radius 1 is 1.12 bits per heavy atom. The first-order valence-electron chi connectivity index (χ1n) is 10.2. The molecule has 4 rings (SSSR count). The van der Waals surface area contributed by atoms with Crippen LogP contribution in [0.25, 0.3) is 17.4 Å². The van der Waals surface area contributed by atoms with Gasteiger partial charge in [0.05, 0.1) is 16.5 Å². The number of carbonyl (C=O) groups excluding carboxylic acids is 3. The van der Waals surface area contributed by atoms with Gasteiger partial charge in [0.25, 0.3) is 11.1 Å². The number of rotatable bonds is 7. The number of anilines is 1. The second kappa shape index (κ2) is 10.4. The summed E-state index contributed by atoms with van der Waals surface area (Å²) in [6, 6.07) is 15.2. The van der Waals surface area contributed by atoms with Gasteiger partial charge in [0.15, 0.2) is 0 Å². The summed E-state index contributed by atoms with van der Waals surface area (Å²) in [4.78, 5) is 38.5. The SMILES string of the molecule is CCOc1ccc(NC(=O)CN2C(=O)S/C(=C\c3ccc(-c4ccc(Cl)cc4Cl)o3)C2=O)cc1. The number of nitrogens with one attached hydrogen (secondary N) is 1. The summed E-state index contributed by atoms with van der Waals surface area (Å²) in [7, 11) is 0. The van der Waals surface area contributed by atoms with Crippen molar-refractivity contribution in [3.63, 3.8) is 0 Å². The number of benzene rings is 2. The van der Waals surface area contributed by atoms with E-state index in [1.807, 2.05) is 6.92 Å². The van der Waals surface area contributed by atoms with Crippen molar-refractivity contribution in [2.45, 2.75) is 6.92 Å². The fourth-order valence-electron chi connectivity index (χ4n) is 3.18. The standard InChI is InChI=1S/C24H18Cl2N2O5S/c1-2-32-16-6-4-15(5-7-16)27-22(29)13-28-23(30)21(34-24(28)31)12-17-8-10-20(33-17)18-9-3-14(25)11-19(18)26/h3-12H,2,13H2,1H3,(H,27,29)/b21-12-. The van der Waals surface area contributed by atoms with Crippen LogP contribution in [0.1, 0.15) is 12.7 Å². The number of amides is 3. The highest BCUT2D eigenvalue weighted by Crippen LogP contribution is 2.35. The van der Waals surface area contributed by atoms with Crippen LogP contribution in [0.3, 0.4) is 0 Å². The largest absolute Gasteiger partial charge is 0.494 e. The van der Waals surface area contributed by atoms with Gasteiger partial charge in [-0.1, -0.05) is 23.2 Å². The van der Waals surface area contributed by atoms with Crippen LogP contribution in [0.2, 0.25) is 10.0 Å². The van der Waals surface area contributed by atoms with Gasteiger partial charge in [0.2, 0.25) is 5.91 Å². The minimum atomic E-state index is -0.570. The number of thioether (sulfide) groups is 1. The lowest BCUT2D eigenvalue weighted by molar-refractivity contribution is -0.127. The van der Waals surface area contributed by atoms with E-state index in [0.717, 1.165) is 16.7 Å². The molecule has 0 bridgehead atoms. The van der Waals surface area contributed by atoms with Crippen molar-refractivity contribution >= 4 is 63.8 Å². The molecule has 0 radical (unpaired) electrons. The van der Waals surface area contributed by atoms with E-state index in [-0.39, 0.29) is 4.91 Å². The Hall–Kier alpha value is -3.20. The number of imide groups is 1. The molecule has 0 aliphatic carbocycles. The topological polar surface area (TPSA) is 88.8 Å². The molecule has 1 aliphatic heterocycles. The van der Waals surface area contributed by atoms with Crippen LogP contribution in [0.5, 0.6) is 5.75 Å². The summed E-state index contributed by atoms with van der Waals surface area (Å²) < 4.78 is 11.1. The Morgan fingerprint density at radius 3 is 2.59 bits per heavy atom. The summed E-state index contributed by atoms with van der Waals surface area (Å²) in [6.45, 7) is 2.01. The summed E-state index contributed by atoms with van der Waals surface area (Å²) in [5.74, 6) is 0.466. The second-order valence-electron chi connectivity index (χ2n) is 7.10. The molecule has 2 heterocycles. The van der Waals surface area contributed by atoms with Crippen molar-refractivity contribution in [2.24, 2.45) is 0 Å². The van der Waals surface area contributed by atoms with Crippen molar-refractivity contribution in [2.75, 3.05) is 18.5 Å². The van der Waals surface area contributed by atoms with Gasteiger partial charge in [0.1, 0.15) is 23.8 Å². The van der Waals surface area contributed by atoms with Gasteiger partial charge in [0, 0.05) is 22.3 Å². The molecule has 1 aliphatic rings. The number of carbonyl (C=O) groups is 3. The zero-order chi connectivity index (χ0) is 24.2. The number of hydrogen-bond donors (Lipinski definition) is 1. The van der Waals surface area contributed by atoms with Gasteiger partial charge >= 0.3 is 0 Å². The molecular formula is C24H18Cl2N2O5S. The minimum Gasteiger partial charge on any atom is -0.494 e. The van der Waals surface area contributed by atoms with E-state index in [0.29, 0.717) is 45.2 Å². The van der Waals surface area contributed by atoms with Crippen LogP contribution < -0.4 is 10.1 Å². The van der Waals surface area contributed by atoms with E-state index in [1.165, 1.54) is 6.08 Å². The Balaban J connectivity index is 1.42. The number of furan rings is 1. The molecule has 10 heteroatoms. The van der Waals surface area contributed by atoms with Crippen LogP contribution in [0, 0.1) is 0 Å². The summed E-state index contributed by atoms with van der Waals surface area (Å²) in [5, 5.41) is 3.05. The summed E-state index contributed by atoms with van der Waals surface area (Å²) in [6.07, 6.45) is 1.46. The molecule has 0 saturated carbocycles. The molecule has 7 nitrogen and oxygen atoms in total. The Morgan fingerprint density at radius 2 is 1.88 bits per heavy atom. The molecule has 1 N–H and O–H groups in total. The molecule has 174 valence electrons. The Labute approximate surface area is 209 Å². The van der Waals surface area contributed by atoms with Crippen molar-refractivity contribution < 1.29 is 23.5 Å². The fraction of sp³-hybridized carbons (Fsp3) is 0.125. The molecule has 3 amide bonds. The van der Waals surface area contributed by atoms with E-state index in [2.05, 4.69) is 5.32 Å². The van der Waals surface area contributed by atoms with Crippen LogP contribution in [-0.4, -0.2) is 35.1 Å². The van der Waals surface area contributed by atoms with E-state index >= 15 is 0 Å². The zero-order valence-electron chi connectivity index (χ0n) is 17.8. The van der Waals surface area contributed by atoms with Gasteiger partial charge in [-0.05, 0) is 73.3 Å². The first-order valence-corrected chi connectivity index (χ1v) is 11.7. The predicted octanol–water partition coefficient (Wildman–Crippen LogP) is 6.33. The molecular weight excluding hydrogens is 499 g/mol.